The Morgan fingerprint density at radius 3 is 2.00 bits per heavy atom. The lowest BCUT2D eigenvalue weighted by atomic mass is 10.3. The van der Waals surface area contributed by atoms with Gasteiger partial charge in [0.1, 0.15) is 6.54 Å². The van der Waals surface area contributed by atoms with Gasteiger partial charge in [0.05, 0.1) is 32.8 Å². The van der Waals surface area contributed by atoms with E-state index in [4.69, 9.17) is 5.26 Å². The zero-order valence-corrected chi connectivity index (χ0v) is 8.84. The van der Waals surface area contributed by atoms with Gasteiger partial charge in [-0.25, -0.2) is 0 Å². The van der Waals surface area contributed by atoms with Crippen LogP contribution in [-0.2, 0) is 0 Å². The molecule has 2 nitrogen and oxygen atoms in total. The number of rotatable bonds is 2. The molecule has 0 N–H and O–H groups in total. The van der Waals surface area contributed by atoms with E-state index in [1.54, 1.807) is 0 Å². The average molecular weight is 252 g/mol. The Labute approximate surface area is 79.7 Å². The quantitative estimate of drug-likeness (QED) is 0.310. The van der Waals surface area contributed by atoms with E-state index < -0.39 is 0 Å². The van der Waals surface area contributed by atoms with Crippen LogP contribution in [0.3, 0.4) is 0 Å². The van der Waals surface area contributed by atoms with Crippen molar-refractivity contribution in [3.8, 4) is 6.07 Å². The first-order valence-electron chi connectivity index (χ1n) is 2.84. The predicted molar refractivity (Wildman–Crippen MR) is 37.7 cm³/mol. The van der Waals surface area contributed by atoms with Crippen molar-refractivity contribution in [1.29, 1.82) is 5.26 Å². The van der Waals surface area contributed by atoms with Crippen molar-refractivity contribution in [3.63, 3.8) is 0 Å². The molecular weight excluding hydrogens is 239 g/mol. The monoisotopic (exact) mass is 252 g/mol. The third kappa shape index (κ3) is 7.92. The van der Waals surface area contributed by atoms with Gasteiger partial charge >= 0.3 is 0 Å². The van der Waals surface area contributed by atoms with Crippen molar-refractivity contribution >= 4 is 0 Å². The molecule has 0 spiro atoms. The van der Waals surface area contributed by atoms with Gasteiger partial charge in [-0.3, -0.25) is 0 Å². The summed E-state index contributed by atoms with van der Waals surface area (Å²) >= 11 is 0. The van der Waals surface area contributed by atoms with Gasteiger partial charge < -0.3 is 28.5 Å². The first-order valence-corrected chi connectivity index (χ1v) is 2.84. The summed E-state index contributed by atoms with van der Waals surface area (Å²) in [5, 5.41) is 8.34. The minimum atomic E-state index is 0. The summed E-state index contributed by atoms with van der Waals surface area (Å²) in [6, 6.07) is 2.01. The highest BCUT2D eigenvalue weighted by Crippen LogP contribution is 1.96. The third-order valence-electron chi connectivity index (χ3n) is 0.823. The van der Waals surface area contributed by atoms with Gasteiger partial charge in [0.25, 0.3) is 0 Å². The lowest BCUT2D eigenvalue weighted by Crippen LogP contribution is -3.00. The van der Waals surface area contributed by atoms with Crippen molar-refractivity contribution in [1.82, 2.24) is 0 Å². The topological polar surface area (TPSA) is 23.8 Å². The molecule has 0 heterocycles. The minimum Gasteiger partial charge on any atom is -1.00 e. The number of likely N-dealkylation sites (N-methyl/N-ethyl adjacent to an activating group) is 1. The Morgan fingerprint density at radius 1 is 1.50 bits per heavy atom. The number of hydrogen-bond acceptors (Lipinski definition) is 1. The van der Waals surface area contributed by atoms with Gasteiger partial charge in [0, 0.05) is 0 Å². The Hall–Kier alpha value is -0.0800. The van der Waals surface area contributed by atoms with Crippen molar-refractivity contribution in [2.45, 2.75) is 0 Å². The fourth-order valence-electron chi connectivity index (χ4n) is 0.608. The van der Waals surface area contributed by atoms with Crippen LogP contribution in [0.5, 0.6) is 0 Å². The van der Waals surface area contributed by atoms with Gasteiger partial charge in [0.2, 0.25) is 0 Å². The SMILES string of the molecule is C=C(C#N)C[N+](C)(C)C.[I-]. The minimum absolute atomic E-state index is 0. The zero-order valence-electron chi connectivity index (χ0n) is 6.69. The van der Waals surface area contributed by atoms with Gasteiger partial charge in [-0.1, -0.05) is 6.58 Å². The zero-order chi connectivity index (χ0) is 7.49. The average Bonchev–Trinajstić information content (AvgIpc) is 1.62. The standard InChI is InChI=1S/C7H13N2.HI/c1-7(5-8)6-9(2,3)4;/h1,6H2,2-4H3;1H/q+1;/p-1. The van der Waals surface area contributed by atoms with E-state index in [9.17, 15) is 0 Å². The molecule has 0 aliphatic heterocycles. The number of halogens is 1. The molecule has 0 atom stereocenters. The molecular formula is C7H13IN2. The maximum Gasteiger partial charge on any atom is 0.113 e. The van der Waals surface area contributed by atoms with Gasteiger partial charge in [-0.15, -0.1) is 0 Å². The Bertz CT molecular complexity index is 150. The number of nitriles is 1. The van der Waals surface area contributed by atoms with E-state index in [2.05, 4.69) is 6.58 Å². The molecule has 0 aromatic carbocycles. The molecule has 0 aliphatic rings. The summed E-state index contributed by atoms with van der Waals surface area (Å²) < 4.78 is 0.770. The fraction of sp³-hybridized carbons (Fsp3) is 0.571. The number of hydrogen-bond donors (Lipinski definition) is 0. The van der Waals surface area contributed by atoms with E-state index in [0.717, 1.165) is 11.0 Å². The molecule has 58 valence electrons. The molecule has 0 radical (unpaired) electrons. The normalized spacial score (nSPS) is 9.40. The summed E-state index contributed by atoms with van der Waals surface area (Å²) in [4.78, 5) is 0. The van der Waals surface area contributed by atoms with E-state index in [0.29, 0.717) is 5.57 Å². The molecule has 3 heteroatoms. The van der Waals surface area contributed by atoms with Crippen LogP contribution in [0, 0.1) is 11.3 Å². The van der Waals surface area contributed by atoms with Crippen molar-refractivity contribution in [2.75, 3.05) is 27.7 Å². The second-order valence-corrected chi connectivity index (χ2v) is 3.16. The van der Waals surface area contributed by atoms with E-state index in [1.807, 2.05) is 27.2 Å². The van der Waals surface area contributed by atoms with Crippen LogP contribution in [0.4, 0.5) is 0 Å². The predicted octanol–water partition coefficient (Wildman–Crippen LogP) is -2.22. The van der Waals surface area contributed by atoms with Crippen molar-refractivity contribution in [2.24, 2.45) is 0 Å². The van der Waals surface area contributed by atoms with Crippen molar-refractivity contribution in [3.05, 3.63) is 12.2 Å². The van der Waals surface area contributed by atoms with Crippen LogP contribution in [0.15, 0.2) is 12.2 Å². The highest BCUT2D eigenvalue weighted by molar-refractivity contribution is 5.15. The van der Waals surface area contributed by atoms with Gasteiger partial charge in [0.15, 0.2) is 0 Å². The molecule has 10 heavy (non-hydrogen) atoms. The largest absolute Gasteiger partial charge is 1.00 e. The van der Waals surface area contributed by atoms with Crippen LogP contribution in [0.2, 0.25) is 0 Å². The van der Waals surface area contributed by atoms with Gasteiger partial charge in [-0.05, 0) is 0 Å². The summed E-state index contributed by atoms with van der Waals surface area (Å²) in [5.74, 6) is 0. The molecule has 0 fully saturated rings. The highest BCUT2D eigenvalue weighted by Gasteiger charge is 2.07. The molecule has 0 aliphatic carbocycles. The molecule has 0 bridgehead atoms. The van der Waals surface area contributed by atoms with Crippen LogP contribution >= 0.6 is 0 Å². The number of quaternary nitrogens is 1. The first kappa shape index (κ1) is 12.6. The van der Waals surface area contributed by atoms with Crippen LogP contribution in [0.25, 0.3) is 0 Å². The van der Waals surface area contributed by atoms with Crippen LogP contribution < -0.4 is 24.0 Å². The second kappa shape index (κ2) is 4.69. The molecule has 0 rings (SSSR count). The Kier molecular flexibility index (Phi) is 5.90. The molecule has 0 unspecified atom stereocenters. The molecule has 0 aromatic heterocycles. The molecule has 0 amide bonds. The van der Waals surface area contributed by atoms with E-state index >= 15 is 0 Å². The summed E-state index contributed by atoms with van der Waals surface area (Å²) in [7, 11) is 6.09. The molecule has 0 aromatic rings. The molecule has 0 saturated heterocycles. The Balaban J connectivity index is 0. The maximum atomic E-state index is 8.34. The van der Waals surface area contributed by atoms with E-state index in [1.165, 1.54) is 0 Å². The lowest BCUT2D eigenvalue weighted by Gasteiger charge is -2.22. The lowest BCUT2D eigenvalue weighted by molar-refractivity contribution is -0.865. The second-order valence-electron chi connectivity index (χ2n) is 3.16. The third-order valence-corrected chi connectivity index (χ3v) is 0.823. The van der Waals surface area contributed by atoms with Gasteiger partial charge in [-0.2, -0.15) is 5.26 Å². The summed E-state index contributed by atoms with van der Waals surface area (Å²) in [5.41, 5.74) is 0.641. The highest BCUT2D eigenvalue weighted by atomic mass is 127. The van der Waals surface area contributed by atoms with E-state index in [-0.39, 0.29) is 24.0 Å². The van der Waals surface area contributed by atoms with Crippen LogP contribution in [0.1, 0.15) is 0 Å². The maximum absolute atomic E-state index is 8.34. The summed E-state index contributed by atoms with van der Waals surface area (Å²) in [6.45, 7) is 4.31. The Morgan fingerprint density at radius 2 is 1.90 bits per heavy atom. The van der Waals surface area contributed by atoms with Crippen molar-refractivity contribution < 1.29 is 28.5 Å². The summed E-state index contributed by atoms with van der Waals surface area (Å²) in [6.07, 6.45) is 0. The molecule has 0 saturated carbocycles. The fourth-order valence-corrected chi connectivity index (χ4v) is 0.608. The first-order chi connectivity index (χ1) is 3.95. The smallest absolute Gasteiger partial charge is 0.113 e. The van der Waals surface area contributed by atoms with Crippen LogP contribution in [-0.4, -0.2) is 32.2 Å². The number of nitrogens with zero attached hydrogens (tertiary/aromatic N) is 2.